The van der Waals surface area contributed by atoms with E-state index in [1.165, 1.54) is 0 Å². The fourth-order valence-electron chi connectivity index (χ4n) is 1.94. The Morgan fingerprint density at radius 2 is 2.10 bits per heavy atom. The second-order valence-electron chi connectivity index (χ2n) is 5.72. The van der Waals surface area contributed by atoms with E-state index >= 15 is 0 Å². The van der Waals surface area contributed by atoms with E-state index in [1.54, 1.807) is 0 Å². The van der Waals surface area contributed by atoms with Crippen LogP contribution in [-0.2, 0) is 0 Å². The maximum atomic E-state index is 12.8. The number of carbonyl (C=O) groups is 1. The quantitative estimate of drug-likeness (QED) is 0.665. The molecule has 0 fully saturated rings. The number of hydrogen-bond donors (Lipinski definition) is 1. The zero-order chi connectivity index (χ0) is 15.3. The van der Waals surface area contributed by atoms with Crippen LogP contribution in [0.5, 0.6) is 0 Å². The minimum atomic E-state index is -0.0672. The molecule has 0 aromatic heterocycles. The molecule has 1 aromatic rings. The molecule has 1 rings (SSSR count). The van der Waals surface area contributed by atoms with Crippen LogP contribution in [0.3, 0.4) is 0 Å². The van der Waals surface area contributed by atoms with Crippen LogP contribution in [0.2, 0.25) is 0 Å². The second-order valence-corrected chi connectivity index (χ2v) is 7.80. The van der Waals surface area contributed by atoms with Crippen LogP contribution in [0.15, 0.2) is 22.7 Å². The predicted octanol–water partition coefficient (Wildman–Crippen LogP) is 3.89. The minimum absolute atomic E-state index is 0.0672. The largest absolute Gasteiger partial charge is 0.338 e. The highest BCUT2D eigenvalue weighted by molar-refractivity contribution is 14.1. The first kappa shape index (κ1) is 17.9. The summed E-state index contributed by atoms with van der Waals surface area (Å²) in [5, 5.41) is 0. The average Bonchev–Trinajstić information content (AvgIpc) is 2.40. The Labute approximate surface area is 143 Å². The van der Waals surface area contributed by atoms with Crippen LogP contribution in [0, 0.1) is 8.99 Å². The molecule has 5 heteroatoms. The van der Waals surface area contributed by atoms with Crippen molar-refractivity contribution >= 4 is 44.4 Å². The van der Waals surface area contributed by atoms with Gasteiger partial charge in [0.25, 0.3) is 5.91 Å². The normalized spacial score (nSPS) is 11.5. The molecular weight excluding hydrogens is 431 g/mol. The van der Waals surface area contributed by atoms with E-state index < -0.39 is 0 Å². The number of amides is 1. The molecule has 112 valence electrons. The smallest absolute Gasteiger partial charge is 0.254 e. The fraction of sp³-hybridized carbons (Fsp3) is 0.533. The lowest BCUT2D eigenvalue weighted by Crippen LogP contribution is -2.42. The summed E-state index contributed by atoms with van der Waals surface area (Å²) in [7, 11) is 0. The van der Waals surface area contributed by atoms with E-state index in [2.05, 4.69) is 59.3 Å². The number of carbonyl (C=O) groups excluding carboxylic acids is 1. The van der Waals surface area contributed by atoms with Gasteiger partial charge in [-0.05, 0) is 59.2 Å². The van der Waals surface area contributed by atoms with E-state index in [1.807, 2.05) is 23.1 Å². The molecule has 0 spiro atoms. The summed E-state index contributed by atoms with van der Waals surface area (Å²) in [6, 6.07) is 5.80. The molecule has 0 saturated heterocycles. The van der Waals surface area contributed by atoms with Gasteiger partial charge in [-0.15, -0.1) is 0 Å². The van der Waals surface area contributed by atoms with Gasteiger partial charge in [-0.3, -0.25) is 4.79 Å². The van der Waals surface area contributed by atoms with Crippen molar-refractivity contribution in [1.82, 2.24) is 4.90 Å². The standard InChI is InChI=1S/C15H22BrIN2O/c1-4-7-19(10-15(2,3)9-18)14(20)12-8-11(16)5-6-13(12)17/h5-6,8H,4,7,9-10,18H2,1-3H3. The van der Waals surface area contributed by atoms with E-state index in [0.29, 0.717) is 13.1 Å². The second kappa shape index (κ2) is 7.75. The lowest BCUT2D eigenvalue weighted by molar-refractivity contribution is 0.0688. The van der Waals surface area contributed by atoms with Crippen LogP contribution in [0.1, 0.15) is 37.6 Å². The first-order chi connectivity index (χ1) is 9.30. The monoisotopic (exact) mass is 452 g/mol. The van der Waals surface area contributed by atoms with E-state index in [0.717, 1.165) is 26.6 Å². The minimum Gasteiger partial charge on any atom is -0.338 e. The van der Waals surface area contributed by atoms with Gasteiger partial charge >= 0.3 is 0 Å². The lowest BCUT2D eigenvalue weighted by atomic mass is 9.92. The van der Waals surface area contributed by atoms with Crippen molar-refractivity contribution < 1.29 is 4.79 Å². The molecule has 3 nitrogen and oxygen atoms in total. The van der Waals surface area contributed by atoms with E-state index in [-0.39, 0.29) is 11.3 Å². The zero-order valence-corrected chi connectivity index (χ0v) is 16.0. The van der Waals surface area contributed by atoms with Crippen molar-refractivity contribution in [3.05, 3.63) is 31.8 Å². The van der Waals surface area contributed by atoms with Crippen LogP contribution in [-0.4, -0.2) is 30.4 Å². The van der Waals surface area contributed by atoms with Crippen LogP contribution in [0.4, 0.5) is 0 Å². The SMILES string of the molecule is CCCN(CC(C)(C)CN)C(=O)c1cc(Br)ccc1I. The predicted molar refractivity (Wildman–Crippen MR) is 95.9 cm³/mol. The number of nitrogens with two attached hydrogens (primary N) is 1. The highest BCUT2D eigenvalue weighted by Gasteiger charge is 2.25. The maximum absolute atomic E-state index is 12.8. The third-order valence-corrected chi connectivity index (χ3v) is 4.54. The van der Waals surface area contributed by atoms with Crippen molar-refractivity contribution in [2.75, 3.05) is 19.6 Å². The molecule has 0 atom stereocenters. The van der Waals surface area contributed by atoms with Gasteiger partial charge in [0.2, 0.25) is 0 Å². The summed E-state index contributed by atoms with van der Waals surface area (Å²) in [5.41, 5.74) is 6.48. The van der Waals surface area contributed by atoms with Gasteiger partial charge in [0, 0.05) is 21.1 Å². The van der Waals surface area contributed by atoms with Crippen molar-refractivity contribution in [3.63, 3.8) is 0 Å². The summed E-state index contributed by atoms with van der Waals surface area (Å²) < 4.78 is 1.90. The summed E-state index contributed by atoms with van der Waals surface area (Å²) in [4.78, 5) is 14.7. The Morgan fingerprint density at radius 1 is 1.45 bits per heavy atom. The summed E-state index contributed by atoms with van der Waals surface area (Å²) in [6.07, 6.45) is 0.941. The van der Waals surface area contributed by atoms with Gasteiger partial charge in [0.1, 0.15) is 0 Å². The molecule has 1 aromatic carbocycles. The van der Waals surface area contributed by atoms with Crippen molar-refractivity contribution in [1.29, 1.82) is 0 Å². The molecule has 0 saturated carbocycles. The van der Waals surface area contributed by atoms with Gasteiger partial charge in [-0.25, -0.2) is 0 Å². The Balaban J connectivity index is 3.02. The van der Waals surface area contributed by atoms with Crippen LogP contribution < -0.4 is 5.73 Å². The summed E-state index contributed by atoms with van der Waals surface area (Å²) in [5.74, 6) is 0.0825. The van der Waals surface area contributed by atoms with Gasteiger partial charge in [0.15, 0.2) is 0 Å². The van der Waals surface area contributed by atoms with Gasteiger partial charge in [-0.1, -0.05) is 36.7 Å². The third-order valence-electron chi connectivity index (χ3n) is 3.11. The van der Waals surface area contributed by atoms with E-state index in [9.17, 15) is 4.79 Å². The molecule has 1 amide bonds. The topological polar surface area (TPSA) is 46.3 Å². The molecule has 0 aliphatic rings. The van der Waals surface area contributed by atoms with Gasteiger partial charge < -0.3 is 10.6 Å². The Kier molecular flexibility index (Phi) is 6.94. The van der Waals surface area contributed by atoms with Crippen molar-refractivity contribution in [2.24, 2.45) is 11.1 Å². The molecule has 0 bridgehead atoms. The highest BCUT2D eigenvalue weighted by atomic mass is 127. The number of hydrogen-bond acceptors (Lipinski definition) is 2. The van der Waals surface area contributed by atoms with Gasteiger partial charge in [-0.2, -0.15) is 0 Å². The molecule has 0 radical (unpaired) electrons. The van der Waals surface area contributed by atoms with Crippen molar-refractivity contribution in [3.8, 4) is 0 Å². The first-order valence-corrected chi connectivity index (χ1v) is 8.62. The number of nitrogens with zero attached hydrogens (tertiary/aromatic N) is 1. The first-order valence-electron chi connectivity index (χ1n) is 6.75. The van der Waals surface area contributed by atoms with Gasteiger partial charge in [0.05, 0.1) is 5.56 Å². The summed E-state index contributed by atoms with van der Waals surface area (Å²) in [6.45, 7) is 8.27. The van der Waals surface area contributed by atoms with E-state index in [4.69, 9.17) is 5.73 Å². The molecule has 0 unspecified atom stereocenters. The Morgan fingerprint density at radius 3 is 2.65 bits per heavy atom. The van der Waals surface area contributed by atoms with Crippen molar-refractivity contribution in [2.45, 2.75) is 27.2 Å². The number of rotatable bonds is 6. The average molecular weight is 453 g/mol. The lowest BCUT2D eigenvalue weighted by Gasteiger charge is -2.32. The molecule has 0 aliphatic heterocycles. The Hall–Kier alpha value is -0.140. The number of halogens is 2. The molecule has 20 heavy (non-hydrogen) atoms. The van der Waals surface area contributed by atoms with Crippen LogP contribution in [0.25, 0.3) is 0 Å². The Bertz CT molecular complexity index is 477. The molecule has 0 aliphatic carbocycles. The molecular formula is C15H22BrIN2O. The maximum Gasteiger partial charge on any atom is 0.254 e. The molecule has 0 heterocycles. The summed E-state index contributed by atoms with van der Waals surface area (Å²) >= 11 is 5.64. The number of benzene rings is 1. The van der Waals surface area contributed by atoms with Crippen LogP contribution >= 0.6 is 38.5 Å². The highest BCUT2D eigenvalue weighted by Crippen LogP contribution is 2.22. The zero-order valence-electron chi connectivity index (χ0n) is 12.2. The fourth-order valence-corrected chi connectivity index (χ4v) is 2.86. The molecule has 2 N–H and O–H groups in total. The third kappa shape index (κ3) is 5.00.